The number of nitrogens with zero attached hydrogens (tertiary/aromatic N) is 2. The number of piperidine rings is 1. The zero-order chi connectivity index (χ0) is 25.5. The maximum absolute atomic E-state index is 13.3. The number of aryl methyl sites for hydroxylation is 1. The second-order valence-corrected chi connectivity index (χ2v) is 9.66. The highest BCUT2D eigenvalue weighted by molar-refractivity contribution is 5.84. The van der Waals surface area contributed by atoms with Crippen molar-refractivity contribution in [1.82, 2.24) is 9.88 Å². The van der Waals surface area contributed by atoms with Crippen LogP contribution in [0.15, 0.2) is 42.6 Å². The van der Waals surface area contributed by atoms with E-state index in [-0.39, 0.29) is 17.8 Å². The molecule has 2 aromatic carbocycles. The van der Waals surface area contributed by atoms with Crippen molar-refractivity contribution in [3.05, 3.63) is 65.4 Å². The van der Waals surface area contributed by atoms with Crippen molar-refractivity contribution in [1.29, 1.82) is 0 Å². The van der Waals surface area contributed by atoms with Gasteiger partial charge in [0.15, 0.2) is 0 Å². The van der Waals surface area contributed by atoms with E-state index in [1.165, 1.54) is 17.7 Å². The molecule has 36 heavy (non-hydrogen) atoms. The maximum Gasteiger partial charge on any atom is 0.129 e. The minimum absolute atomic E-state index is 0.105. The van der Waals surface area contributed by atoms with Crippen LogP contribution in [0, 0.1) is 17.0 Å². The van der Waals surface area contributed by atoms with Gasteiger partial charge in [-0.3, -0.25) is 9.88 Å². The van der Waals surface area contributed by atoms with E-state index in [1.807, 2.05) is 24.4 Å². The molecule has 6 nitrogen and oxygen atoms in total. The summed E-state index contributed by atoms with van der Waals surface area (Å²) in [5.74, 6) is -0.292. The predicted octanol–water partition coefficient (Wildman–Crippen LogP) is 4.46. The molecule has 0 radical (unpaired) electrons. The number of hydrogen-bond acceptors (Lipinski definition) is 6. The Labute approximate surface area is 211 Å². The third-order valence-electron chi connectivity index (χ3n) is 7.39. The summed E-state index contributed by atoms with van der Waals surface area (Å²) in [5, 5.41) is 11.4. The first-order valence-corrected chi connectivity index (χ1v) is 12.5. The van der Waals surface area contributed by atoms with Gasteiger partial charge in [-0.2, -0.15) is 0 Å². The van der Waals surface area contributed by atoms with Crippen molar-refractivity contribution >= 4 is 10.9 Å². The first kappa shape index (κ1) is 26.3. The number of rotatable bonds is 11. The summed E-state index contributed by atoms with van der Waals surface area (Å²) in [6.07, 6.45) is 6.39. The molecule has 0 aliphatic carbocycles. The van der Waals surface area contributed by atoms with Crippen molar-refractivity contribution in [2.45, 2.75) is 38.6 Å². The molecule has 2 heterocycles. The lowest BCUT2D eigenvalue weighted by molar-refractivity contribution is 0.0316. The fourth-order valence-electron chi connectivity index (χ4n) is 5.15. The second-order valence-electron chi connectivity index (χ2n) is 9.66. The Morgan fingerprint density at radius 3 is 2.50 bits per heavy atom. The SMILES string of the molecule is COc1ccc2ncc(CN)c(CCCC3(CO)CCN(CCOc4cc(F)cc(F)c4)CC3)c2c1. The normalized spacial score (nSPS) is 15.8. The molecule has 3 aromatic rings. The standard InChI is InChI=1S/C28H35F2N3O3/c1-35-23-4-5-27-26(16-23)25(20(17-31)18-32-27)3-2-6-28(19-34)7-9-33(10-8-28)11-12-36-24-14-21(29)13-22(30)15-24/h4-5,13-16,18,34H,2-3,6-12,17,19,31H2,1H3. The summed E-state index contributed by atoms with van der Waals surface area (Å²) < 4.78 is 37.6. The van der Waals surface area contributed by atoms with Gasteiger partial charge in [0.25, 0.3) is 0 Å². The average molecular weight is 500 g/mol. The van der Waals surface area contributed by atoms with Gasteiger partial charge in [0.1, 0.15) is 29.7 Å². The molecule has 0 atom stereocenters. The number of hydrogen-bond donors (Lipinski definition) is 2. The van der Waals surface area contributed by atoms with Crippen LogP contribution in [0.25, 0.3) is 10.9 Å². The molecule has 1 aromatic heterocycles. The number of aliphatic hydroxyl groups is 1. The average Bonchev–Trinajstić information content (AvgIpc) is 2.89. The summed E-state index contributed by atoms with van der Waals surface area (Å²) in [4.78, 5) is 6.82. The molecule has 1 aliphatic rings. The molecular formula is C28H35F2N3O3. The van der Waals surface area contributed by atoms with Gasteiger partial charge in [0.2, 0.25) is 0 Å². The van der Waals surface area contributed by atoms with Gasteiger partial charge in [-0.15, -0.1) is 0 Å². The van der Waals surface area contributed by atoms with Crippen molar-refractivity contribution in [2.24, 2.45) is 11.1 Å². The van der Waals surface area contributed by atoms with E-state index in [2.05, 4.69) is 9.88 Å². The number of likely N-dealkylation sites (tertiary alicyclic amines) is 1. The zero-order valence-electron chi connectivity index (χ0n) is 20.8. The molecule has 8 heteroatoms. The first-order valence-electron chi connectivity index (χ1n) is 12.5. The Morgan fingerprint density at radius 1 is 1.08 bits per heavy atom. The van der Waals surface area contributed by atoms with Crippen LogP contribution in [0.1, 0.15) is 36.8 Å². The lowest BCUT2D eigenvalue weighted by atomic mass is 9.75. The molecule has 0 spiro atoms. The highest BCUT2D eigenvalue weighted by Gasteiger charge is 2.33. The van der Waals surface area contributed by atoms with Gasteiger partial charge in [-0.1, -0.05) is 0 Å². The summed E-state index contributed by atoms with van der Waals surface area (Å²) in [7, 11) is 1.66. The van der Waals surface area contributed by atoms with E-state index < -0.39 is 11.6 Å². The molecule has 1 saturated heterocycles. The Bertz CT molecular complexity index is 1140. The van der Waals surface area contributed by atoms with Crippen LogP contribution >= 0.6 is 0 Å². The second kappa shape index (κ2) is 12.0. The van der Waals surface area contributed by atoms with Crippen LogP contribution in [0.3, 0.4) is 0 Å². The predicted molar refractivity (Wildman–Crippen MR) is 136 cm³/mol. The third kappa shape index (κ3) is 6.30. The van der Waals surface area contributed by atoms with E-state index in [0.717, 1.165) is 73.5 Å². The summed E-state index contributed by atoms with van der Waals surface area (Å²) in [5.41, 5.74) is 9.09. The topological polar surface area (TPSA) is 80.8 Å². The number of pyridine rings is 1. The van der Waals surface area contributed by atoms with Crippen molar-refractivity contribution in [3.8, 4) is 11.5 Å². The molecule has 194 valence electrons. The molecule has 3 N–H and O–H groups in total. The molecular weight excluding hydrogens is 464 g/mol. The maximum atomic E-state index is 13.3. The number of benzene rings is 2. The Kier molecular flexibility index (Phi) is 8.72. The van der Waals surface area contributed by atoms with Gasteiger partial charge >= 0.3 is 0 Å². The summed E-state index contributed by atoms with van der Waals surface area (Å²) >= 11 is 0. The van der Waals surface area contributed by atoms with E-state index in [1.54, 1.807) is 7.11 Å². The summed E-state index contributed by atoms with van der Waals surface area (Å²) in [6, 6.07) is 9.12. The molecule has 0 unspecified atom stereocenters. The zero-order valence-corrected chi connectivity index (χ0v) is 20.8. The van der Waals surface area contributed by atoms with Crippen LogP contribution < -0.4 is 15.2 Å². The van der Waals surface area contributed by atoms with E-state index in [0.29, 0.717) is 19.7 Å². The minimum Gasteiger partial charge on any atom is -0.497 e. The fourth-order valence-corrected chi connectivity index (χ4v) is 5.15. The van der Waals surface area contributed by atoms with Crippen molar-refractivity contribution < 1.29 is 23.4 Å². The lowest BCUT2D eigenvalue weighted by Crippen LogP contribution is -2.43. The minimum atomic E-state index is -0.645. The molecule has 4 rings (SSSR count). The Hall–Kier alpha value is -2.81. The Morgan fingerprint density at radius 2 is 1.83 bits per heavy atom. The Balaban J connectivity index is 1.31. The lowest BCUT2D eigenvalue weighted by Gasteiger charge is -2.41. The number of halogens is 2. The third-order valence-corrected chi connectivity index (χ3v) is 7.39. The largest absolute Gasteiger partial charge is 0.497 e. The molecule has 1 fully saturated rings. The summed E-state index contributed by atoms with van der Waals surface area (Å²) in [6.45, 7) is 3.32. The van der Waals surface area contributed by atoms with Gasteiger partial charge in [0.05, 0.1) is 12.6 Å². The van der Waals surface area contributed by atoms with Gasteiger partial charge < -0.3 is 20.3 Å². The highest BCUT2D eigenvalue weighted by Crippen LogP contribution is 2.37. The number of nitrogens with two attached hydrogens (primary N) is 1. The van der Waals surface area contributed by atoms with Crippen LogP contribution in [0.4, 0.5) is 8.78 Å². The first-order chi connectivity index (χ1) is 17.4. The van der Waals surface area contributed by atoms with Gasteiger partial charge in [0, 0.05) is 49.5 Å². The van der Waals surface area contributed by atoms with Gasteiger partial charge in [-0.05, 0) is 79.9 Å². The number of aromatic nitrogens is 1. The van der Waals surface area contributed by atoms with Crippen LogP contribution in [-0.4, -0.2) is 54.9 Å². The van der Waals surface area contributed by atoms with Crippen molar-refractivity contribution in [2.75, 3.05) is 40.0 Å². The quantitative estimate of drug-likeness (QED) is 0.406. The molecule has 0 amide bonds. The fraction of sp³-hybridized carbons (Fsp3) is 0.464. The molecule has 0 bridgehead atoms. The monoisotopic (exact) mass is 499 g/mol. The number of fused-ring (bicyclic) bond motifs is 1. The number of aliphatic hydroxyl groups excluding tert-OH is 1. The van der Waals surface area contributed by atoms with Crippen LogP contribution in [0.2, 0.25) is 0 Å². The number of ether oxygens (including phenoxy) is 2. The van der Waals surface area contributed by atoms with Crippen molar-refractivity contribution in [3.63, 3.8) is 0 Å². The van der Waals surface area contributed by atoms with E-state index >= 15 is 0 Å². The smallest absolute Gasteiger partial charge is 0.129 e. The molecule has 1 aliphatic heterocycles. The van der Waals surface area contributed by atoms with E-state index in [9.17, 15) is 13.9 Å². The van der Waals surface area contributed by atoms with E-state index in [4.69, 9.17) is 15.2 Å². The van der Waals surface area contributed by atoms with Gasteiger partial charge in [-0.25, -0.2) is 8.78 Å². The number of methoxy groups -OCH3 is 1. The van der Waals surface area contributed by atoms with Crippen LogP contribution in [-0.2, 0) is 13.0 Å². The van der Waals surface area contributed by atoms with Crippen LogP contribution in [0.5, 0.6) is 11.5 Å². The molecule has 0 saturated carbocycles. The highest BCUT2D eigenvalue weighted by atomic mass is 19.1.